The largest absolute Gasteiger partial charge is 0.378 e. The topological polar surface area (TPSA) is 32.5 Å². The molecule has 3 heteroatoms. The first-order chi connectivity index (χ1) is 8.67. The number of nitrogens with zero attached hydrogens (tertiary/aromatic N) is 2. The van der Waals surface area contributed by atoms with Gasteiger partial charge in [-0.05, 0) is 37.1 Å². The average Bonchev–Trinajstić information content (AvgIpc) is 3.20. The lowest BCUT2D eigenvalue weighted by atomic mass is 10.0. The van der Waals surface area contributed by atoms with Gasteiger partial charge in [-0.2, -0.15) is 0 Å². The summed E-state index contributed by atoms with van der Waals surface area (Å²) in [5.74, 6) is 0. The van der Waals surface area contributed by atoms with Crippen LogP contribution in [-0.4, -0.2) is 38.1 Å². The van der Waals surface area contributed by atoms with Gasteiger partial charge in [0.05, 0.1) is 0 Å². The number of anilines is 1. The molecule has 2 rings (SSSR count). The molecule has 1 fully saturated rings. The summed E-state index contributed by atoms with van der Waals surface area (Å²) in [5, 5.41) is 0. The van der Waals surface area contributed by atoms with Gasteiger partial charge in [-0.3, -0.25) is 4.90 Å². The fraction of sp³-hybridized carbons (Fsp3) is 0.600. The van der Waals surface area contributed by atoms with Crippen LogP contribution < -0.4 is 10.6 Å². The summed E-state index contributed by atoms with van der Waals surface area (Å²) in [6.45, 7) is 4.02. The minimum atomic E-state index is 0.374. The Labute approximate surface area is 111 Å². The highest BCUT2D eigenvalue weighted by Crippen LogP contribution is 2.34. The maximum Gasteiger partial charge on any atom is 0.0473 e. The fourth-order valence-electron chi connectivity index (χ4n) is 2.60. The van der Waals surface area contributed by atoms with Crippen molar-refractivity contribution in [2.75, 3.05) is 32.1 Å². The van der Waals surface area contributed by atoms with E-state index in [-0.39, 0.29) is 0 Å². The summed E-state index contributed by atoms with van der Waals surface area (Å²) >= 11 is 0. The van der Waals surface area contributed by atoms with Gasteiger partial charge in [-0.25, -0.2) is 0 Å². The molecule has 2 N–H and O–H groups in total. The third-order valence-electron chi connectivity index (χ3n) is 3.80. The SMILES string of the molecule is CCN(C1CC1)C(CN)c1ccc(N(C)C)cc1. The lowest BCUT2D eigenvalue weighted by molar-refractivity contribution is 0.202. The number of nitrogens with two attached hydrogens (primary N) is 1. The van der Waals surface area contributed by atoms with Crippen LogP contribution in [0, 0.1) is 0 Å². The van der Waals surface area contributed by atoms with Gasteiger partial charge in [0.2, 0.25) is 0 Å². The van der Waals surface area contributed by atoms with E-state index in [4.69, 9.17) is 5.73 Å². The molecule has 1 atom stereocenters. The summed E-state index contributed by atoms with van der Waals surface area (Å²) in [4.78, 5) is 4.67. The van der Waals surface area contributed by atoms with E-state index >= 15 is 0 Å². The minimum Gasteiger partial charge on any atom is -0.378 e. The summed E-state index contributed by atoms with van der Waals surface area (Å²) in [7, 11) is 4.13. The van der Waals surface area contributed by atoms with Gasteiger partial charge < -0.3 is 10.6 Å². The molecule has 0 saturated heterocycles. The second-order valence-electron chi connectivity index (χ2n) is 5.30. The van der Waals surface area contributed by atoms with E-state index in [1.807, 2.05) is 0 Å². The Hall–Kier alpha value is -1.06. The van der Waals surface area contributed by atoms with Gasteiger partial charge in [-0.1, -0.05) is 19.1 Å². The molecular weight excluding hydrogens is 222 g/mol. The van der Waals surface area contributed by atoms with Crippen LogP contribution in [0.25, 0.3) is 0 Å². The van der Waals surface area contributed by atoms with Gasteiger partial charge in [0.15, 0.2) is 0 Å². The molecule has 0 heterocycles. The monoisotopic (exact) mass is 247 g/mol. The molecule has 1 aromatic rings. The van der Waals surface area contributed by atoms with E-state index in [0.29, 0.717) is 12.6 Å². The zero-order chi connectivity index (χ0) is 13.1. The first-order valence-corrected chi connectivity index (χ1v) is 6.90. The van der Waals surface area contributed by atoms with Crippen molar-refractivity contribution in [2.45, 2.75) is 31.8 Å². The summed E-state index contributed by atoms with van der Waals surface area (Å²) < 4.78 is 0. The van der Waals surface area contributed by atoms with Crippen LogP contribution in [0.3, 0.4) is 0 Å². The van der Waals surface area contributed by atoms with Crippen molar-refractivity contribution >= 4 is 5.69 Å². The van der Waals surface area contributed by atoms with Gasteiger partial charge in [0.1, 0.15) is 0 Å². The van der Waals surface area contributed by atoms with E-state index in [1.54, 1.807) is 0 Å². The maximum absolute atomic E-state index is 5.99. The normalized spacial score (nSPS) is 16.9. The van der Waals surface area contributed by atoms with Crippen LogP contribution in [0.15, 0.2) is 24.3 Å². The smallest absolute Gasteiger partial charge is 0.0473 e. The van der Waals surface area contributed by atoms with Crippen LogP contribution in [0.5, 0.6) is 0 Å². The molecule has 1 unspecified atom stereocenters. The van der Waals surface area contributed by atoms with Crippen molar-refractivity contribution in [1.29, 1.82) is 0 Å². The molecule has 1 aliphatic carbocycles. The van der Waals surface area contributed by atoms with Crippen molar-refractivity contribution in [2.24, 2.45) is 5.73 Å². The molecule has 0 aromatic heterocycles. The average molecular weight is 247 g/mol. The summed E-state index contributed by atoms with van der Waals surface area (Å²) in [6, 6.07) is 9.93. The quantitative estimate of drug-likeness (QED) is 0.837. The Kier molecular flexibility index (Phi) is 4.25. The third-order valence-corrected chi connectivity index (χ3v) is 3.80. The van der Waals surface area contributed by atoms with Crippen molar-refractivity contribution < 1.29 is 0 Å². The van der Waals surface area contributed by atoms with Crippen LogP contribution in [0.4, 0.5) is 5.69 Å². The molecule has 1 saturated carbocycles. The maximum atomic E-state index is 5.99. The molecule has 1 aliphatic rings. The predicted molar refractivity (Wildman–Crippen MR) is 78.0 cm³/mol. The number of hydrogen-bond donors (Lipinski definition) is 1. The molecule has 0 amide bonds. The molecule has 0 bridgehead atoms. The highest BCUT2D eigenvalue weighted by atomic mass is 15.2. The number of benzene rings is 1. The second kappa shape index (κ2) is 5.72. The molecular formula is C15H25N3. The van der Waals surface area contributed by atoms with E-state index in [0.717, 1.165) is 12.6 Å². The van der Waals surface area contributed by atoms with Gasteiger partial charge in [-0.15, -0.1) is 0 Å². The van der Waals surface area contributed by atoms with Gasteiger partial charge in [0.25, 0.3) is 0 Å². The van der Waals surface area contributed by atoms with Gasteiger partial charge in [0, 0.05) is 38.4 Å². The van der Waals surface area contributed by atoms with Crippen LogP contribution >= 0.6 is 0 Å². The minimum absolute atomic E-state index is 0.374. The van der Waals surface area contributed by atoms with E-state index in [1.165, 1.54) is 24.1 Å². The van der Waals surface area contributed by atoms with Crippen molar-refractivity contribution in [3.05, 3.63) is 29.8 Å². The van der Waals surface area contributed by atoms with Crippen LogP contribution in [-0.2, 0) is 0 Å². The lowest BCUT2D eigenvalue weighted by Crippen LogP contribution is -2.35. The predicted octanol–water partition coefficient (Wildman–Crippen LogP) is 2.24. The highest BCUT2D eigenvalue weighted by Gasteiger charge is 2.32. The Balaban J connectivity index is 2.15. The Bertz CT molecular complexity index is 368. The van der Waals surface area contributed by atoms with E-state index in [2.05, 4.69) is 55.1 Å². The lowest BCUT2D eigenvalue weighted by Gasteiger charge is -2.30. The Morgan fingerprint density at radius 3 is 2.22 bits per heavy atom. The fourth-order valence-corrected chi connectivity index (χ4v) is 2.60. The zero-order valence-corrected chi connectivity index (χ0v) is 11.8. The van der Waals surface area contributed by atoms with Crippen LogP contribution in [0.1, 0.15) is 31.4 Å². The molecule has 3 nitrogen and oxygen atoms in total. The number of rotatable bonds is 6. The Morgan fingerprint density at radius 2 is 1.83 bits per heavy atom. The standard InChI is InChI=1S/C15H25N3/c1-4-18(14-9-10-14)15(11-16)12-5-7-13(8-6-12)17(2)3/h5-8,14-15H,4,9-11,16H2,1-3H3. The highest BCUT2D eigenvalue weighted by molar-refractivity contribution is 5.46. The van der Waals surface area contributed by atoms with Crippen molar-refractivity contribution in [1.82, 2.24) is 4.90 Å². The summed E-state index contributed by atoms with van der Waals surface area (Å²) in [6.07, 6.45) is 2.67. The third kappa shape index (κ3) is 2.85. The summed E-state index contributed by atoms with van der Waals surface area (Å²) in [5.41, 5.74) is 8.58. The molecule has 18 heavy (non-hydrogen) atoms. The van der Waals surface area contributed by atoms with Crippen molar-refractivity contribution in [3.63, 3.8) is 0 Å². The second-order valence-corrected chi connectivity index (χ2v) is 5.30. The van der Waals surface area contributed by atoms with Crippen molar-refractivity contribution in [3.8, 4) is 0 Å². The van der Waals surface area contributed by atoms with Gasteiger partial charge >= 0.3 is 0 Å². The number of hydrogen-bond acceptors (Lipinski definition) is 3. The first-order valence-electron chi connectivity index (χ1n) is 6.90. The zero-order valence-electron chi connectivity index (χ0n) is 11.8. The molecule has 0 aliphatic heterocycles. The molecule has 100 valence electrons. The first kappa shape index (κ1) is 13.4. The van der Waals surface area contributed by atoms with Crippen LogP contribution in [0.2, 0.25) is 0 Å². The molecule has 0 spiro atoms. The van der Waals surface area contributed by atoms with E-state index < -0.39 is 0 Å². The number of likely N-dealkylation sites (N-methyl/N-ethyl adjacent to an activating group) is 1. The molecule has 0 radical (unpaired) electrons. The van der Waals surface area contributed by atoms with E-state index in [9.17, 15) is 0 Å². The Morgan fingerprint density at radius 1 is 1.22 bits per heavy atom. The molecule has 1 aromatic carbocycles.